The highest BCUT2D eigenvalue weighted by Gasteiger charge is 2.25. The summed E-state index contributed by atoms with van der Waals surface area (Å²) < 4.78 is 5.95. The first-order valence-corrected chi connectivity index (χ1v) is 10.7. The van der Waals surface area contributed by atoms with Gasteiger partial charge in [-0.2, -0.15) is 0 Å². The molecule has 0 saturated heterocycles. The summed E-state index contributed by atoms with van der Waals surface area (Å²) in [6, 6.07) is 14.3. The number of para-hydroxylation sites is 2. The van der Waals surface area contributed by atoms with Crippen molar-refractivity contribution in [3.8, 4) is 5.75 Å². The van der Waals surface area contributed by atoms with E-state index in [1.165, 1.54) is 6.21 Å². The fourth-order valence-corrected chi connectivity index (χ4v) is 3.88. The van der Waals surface area contributed by atoms with Crippen molar-refractivity contribution in [2.75, 3.05) is 0 Å². The second-order valence-corrected chi connectivity index (χ2v) is 7.85. The van der Waals surface area contributed by atoms with Crippen molar-refractivity contribution in [1.29, 1.82) is 0 Å². The molecule has 2 atom stereocenters. The first-order valence-electron chi connectivity index (χ1n) is 10.7. The number of ketones is 1. The number of nitrogens with zero attached hydrogens (tertiary/aromatic N) is 2. The number of hydrogen-bond acceptors (Lipinski definition) is 6. The van der Waals surface area contributed by atoms with Crippen LogP contribution in [0.2, 0.25) is 0 Å². The van der Waals surface area contributed by atoms with E-state index in [4.69, 9.17) is 10.5 Å². The maximum Gasteiger partial charge on any atom is 0.238 e. The zero-order chi connectivity index (χ0) is 22.5. The minimum atomic E-state index is -0.361. The molecule has 0 aliphatic heterocycles. The van der Waals surface area contributed by atoms with Crippen LogP contribution in [-0.4, -0.2) is 33.2 Å². The van der Waals surface area contributed by atoms with Gasteiger partial charge in [0.05, 0.1) is 22.8 Å². The molecule has 1 aromatic heterocycles. The molecule has 4 N–H and O–H groups in total. The molecular formula is C25H26N4O3. The molecule has 4 rings (SSSR count). The van der Waals surface area contributed by atoms with E-state index in [0.29, 0.717) is 23.4 Å². The molecule has 0 bridgehead atoms. The van der Waals surface area contributed by atoms with Gasteiger partial charge in [-0.1, -0.05) is 31.2 Å². The van der Waals surface area contributed by atoms with Crippen molar-refractivity contribution >= 4 is 23.0 Å². The summed E-state index contributed by atoms with van der Waals surface area (Å²) in [5.41, 5.74) is 8.91. The molecule has 3 aromatic rings. The molecular weight excluding hydrogens is 404 g/mol. The second kappa shape index (κ2) is 9.62. The number of allylic oxidation sites excluding steroid dienone is 2. The number of hydrogen-bond donors (Lipinski definition) is 3. The Kier molecular flexibility index (Phi) is 6.47. The number of carbonyl (C=O) groups is 1. The van der Waals surface area contributed by atoms with Gasteiger partial charge in [0.2, 0.25) is 11.7 Å². The lowest BCUT2D eigenvalue weighted by Crippen LogP contribution is -2.25. The third-order valence-electron chi connectivity index (χ3n) is 5.57. The Morgan fingerprint density at radius 3 is 2.72 bits per heavy atom. The number of fused-ring (bicyclic) bond motifs is 1. The first-order chi connectivity index (χ1) is 15.5. The van der Waals surface area contributed by atoms with Crippen LogP contribution in [-0.2, 0) is 0 Å². The summed E-state index contributed by atoms with van der Waals surface area (Å²) in [6.07, 6.45) is 5.86. The second-order valence-electron chi connectivity index (χ2n) is 7.85. The minimum Gasteiger partial charge on any atom is -0.437 e. The van der Waals surface area contributed by atoms with E-state index in [9.17, 15) is 9.90 Å². The van der Waals surface area contributed by atoms with Crippen LogP contribution < -0.4 is 10.5 Å². The molecule has 1 saturated carbocycles. The number of aromatic nitrogens is 2. The summed E-state index contributed by atoms with van der Waals surface area (Å²) in [4.78, 5) is 24.5. The highest BCUT2D eigenvalue weighted by Crippen LogP contribution is 2.30. The van der Waals surface area contributed by atoms with E-state index in [2.05, 4.69) is 21.5 Å². The predicted molar refractivity (Wildman–Crippen MR) is 124 cm³/mol. The fraction of sp³-hybridized carbons (Fsp3) is 0.240. The molecule has 164 valence electrons. The number of H-pyrrole nitrogens is 1. The first kappa shape index (κ1) is 21.5. The lowest BCUT2D eigenvalue weighted by Gasteiger charge is -2.26. The Hall–Kier alpha value is -3.71. The van der Waals surface area contributed by atoms with Crippen molar-refractivity contribution in [2.24, 2.45) is 16.6 Å². The topological polar surface area (TPSA) is 114 Å². The van der Waals surface area contributed by atoms with Crippen LogP contribution in [0.4, 0.5) is 0 Å². The summed E-state index contributed by atoms with van der Waals surface area (Å²) in [5.74, 6) is 0.867. The highest BCUT2D eigenvalue weighted by molar-refractivity contribution is 6.08. The summed E-state index contributed by atoms with van der Waals surface area (Å²) in [6.45, 7) is 3.64. The van der Waals surface area contributed by atoms with Crippen molar-refractivity contribution in [3.05, 3.63) is 84.2 Å². The largest absolute Gasteiger partial charge is 0.437 e. The monoisotopic (exact) mass is 430 g/mol. The molecule has 2 aromatic carbocycles. The lowest BCUT2D eigenvalue weighted by molar-refractivity contribution is 0.103. The molecule has 1 aliphatic carbocycles. The predicted octanol–water partition coefficient (Wildman–Crippen LogP) is 4.11. The van der Waals surface area contributed by atoms with E-state index >= 15 is 0 Å². The molecule has 7 heteroatoms. The highest BCUT2D eigenvalue weighted by atomic mass is 16.5. The molecule has 7 nitrogen and oxygen atoms in total. The van der Waals surface area contributed by atoms with E-state index in [1.807, 2.05) is 24.3 Å². The van der Waals surface area contributed by atoms with E-state index in [-0.39, 0.29) is 29.5 Å². The average Bonchev–Trinajstić information content (AvgIpc) is 3.25. The third-order valence-corrected chi connectivity index (χ3v) is 5.57. The van der Waals surface area contributed by atoms with Gasteiger partial charge in [-0.3, -0.25) is 4.79 Å². The number of benzene rings is 2. The number of aliphatic hydroxyl groups is 1. The zero-order valence-corrected chi connectivity index (χ0v) is 17.7. The van der Waals surface area contributed by atoms with Gasteiger partial charge in [-0.15, -0.1) is 0 Å². The number of nitrogens with two attached hydrogens (primary N) is 1. The summed E-state index contributed by atoms with van der Waals surface area (Å²) in [7, 11) is 0. The number of carbonyl (C=O) groups excluding carboxylic acids is 1. The molecule has 0 radical (unpaired) electrons. The van der Waals surface area contributed by atoms with Crippen LogP contribution in [0.3, 0.4) is 0 Å². The van der Waals surface area contributed by atoms with E-state index in [0.717, 1.165) is 30.3 Å². The van der Waals surface area contributed by atoms with Gasteiger partial charge in [-0.05, 0) is 55.7 Å². The number of ether oxygens (including phenoxy) is 1. The van der Waals surface area contributed by atoms with Gasteiger partial charge in [0, 0.05) is 17.7 Å². The number of aliphatic hydroxyl groups excluding tert-OH is 1. The number of nitrogens with one attached hydrogen (secondary N) is 1. The SMILES string of the molecule is C=C/C=N\C(Oc1ccc(C(=O)c2nc3ccccc3[nH]2)cc1)=C(/N)[C@H]1CCC[C@@H](O)C1. The smallest absolute Gasteiger partial charge is 0.238 e. The lowest BCUT2D eigenvalue weighted by atomic mass is 9.85. The Morgan fingerprint density at radius 2 is 2.00 bits per heavy atom. The van der Waals surface area contributed by atoms with Gasteiger partial charge in [0.1, 0.15) is 5.75 Å². The Bertz CT molecular complexity index is 1140. The molecule has 32 heavy (non-hydrogen) atoms. The summed E-state index contributed by atoms with van der Waals surface area (Å²) in [5, 5.41) is 9.99. The Balaban J connectivity index is 1.53. The molecule has 1 heterocycles. The normalized spacial score (nSPS) is 19.7. The van der Waals surface area contributed by atoms with Gasteiger partial charge in [-0.25, -0.2) is 9.98 Å². The van der Waals surface area contributed by atoms with Crippen LogP contribution in [0.15, 0.2) is 77.8 Å². The molecule has 1 fully saturated rings. The maximum atomic E-state index is 12.8. The van der Waals surface area contributed by atoms with Crippen molar-refractivity contribution in [1.82, 2.24) is 9.97 Å². The van der Waals surface area contributed by atoms with Crippen molar-refractivity contribution in [2.45, 2.75) is 31.8 Å². The quantitative estimate of drug-likeness (QED) is 0.297. The average molecular weight is 431 g/mol. The van der Waals surface area contributed by atoms with Crippen molar-refractivity contribution in [3.63, 3.8) is 0 Å². The van der Waals surface area contributed by atoms with Crippen LogP contribution in [0.5, 0.6) is 5.75 Å². The zero-order valence-electron chi connectivity index (χ0n) is 17.7. The molecule has 0 unspecified atom stereocenters. The van der Waals surface area contributed by atoms with Gasteiger partial charge < -0.3 is 20.6 Å². The standard InChI is InChI=1S/C25H26N4O3/c1-2-14-27-25(22(26)17-6-5-7-18(30)15-17)32-19-12-10-16(11-13-19)23(31)24-28-20-8-3-4-9-21(20)29-24/h2-4,8-14,17-18,30H,1,5-7,15,26H2,(H,28,29)/b25-22+,27-14-/t17-,18+/m0/s1. The van der Waals surface area contributed by atoms with Gasteiger partial charge in [0.15, 0.2) is 5.82 Å². The van der Waals surface area contributed by atoms with Crippen LogP contribution in [0, 0.1) is 5.92 Å². The number of rotatable bonds is 7. The minimum absolute atomic E-state index is 0.00431. The number of aliphatic imine (C=N–C) groups is 1. The maximum absolute atomic E-state index is 12.8. The van der Waals surface area contributed by atoms with E-state index in [1.54, 1.807) is 30.3 Å². The molecule has 0 spiro atoms. The number of aromatic amines is 1. The Morgan fingerprint density at radius 1 is 1.22 bits per heavy atom. The van der Waals surface area contributed by atoms with Crippen LogP contribution >= 0.6 is 0 Å². The Labute approximate surface area is 186 Å². The fourth-order valence-electron chi connectivity index (χ4n) is 3.88. The molecule has 0 amide bonds. The number of imidazole rings is 1. The van der Waals surface area contributed by atoms with Gasteiger partial charge >= 0.3 is 0 Å². The van der Waals surface area contributed by atoms with E-state index < -0.39 is 0 Å². The molecule has 1 aliphatic rings. The van der Waals surface area contributed by atoms with Gasteiger partial charge in [0.25, 0.3) is 0 Å². The summed E-state index contributed by atoms with van der Waals surface area (Å²) >= 11 is 0. The van der Waals surface area contributed by atoms with Crippen LogP contribution in [0.1, 0.15) is 41.9 Å². The van der Waals surface area contributed by atoms with Crippen molar-refractivity contribution < 1.29 is 14.6 Å². The van der Waals surface area contributed by atoms with Crippen LogP contribution in [0.25, 0.3) is 11.0 Å². The third kappa shape index (κ3) is 4.78.